The molecule has 3 N–H and O–H groups in total. The van der Waals surface area contributed by atoms with E-state index in [1.165, 1.54) is 12.1 Å². The molecule has 2 rings (SSSR count). The number of amides is 1. The molecule has 21 heavy (non-hydrogen) atoms. The summed E-state index contributed by atoms with van der Waals surface area (Å²) in [5.74, 6) is -0.775. The van der Waals surface area contributed by atoms with Crippen LogP contribution in [0.1, 0.15) is 5.56 Å². The largest absolute Gasteiger partial charge is 0.320 e. The number of aryl methyl sites for hydroxylation is 1. The first-order valence-corrected chi connectivity index (χ1v) is 8.51. The van der Waals surface area contributed by atoms with E-state index in [1.807, 2.05) is 4.72 Å². The summed E-state index contributed by atoms with van der Waals surface area (Å²) in [6.07, 6.45) is 3.47. The van der Waals surface area contributed by atoms with E-state index in [0.29, 0.717) is 4.34 Å². The number of carbonyl (C=O) groups is 1. The lowest BCUT2D eigenvalue weighted by molar-refractivity contribution is -0.120. The molecule has 10 heteroatoms. The van der Waals surface area contributed by atoms with E-state index in [0.717, 1.165) is 16.9 Å². The first-order chi connectivity index (χ1) is 9.78. The van der Waals surface area contributed by atoms with Gasteiger partial charge in [-0.15, -0.1) is 11.3 Å². The van der Waals surface area contributed by atoms with Gasteiger partial charge in [-0.1, -0.05) is 11.6 Å². The van der Waals surface area contributed by atoms with Crippen molar-refractivity contribution in [1.82, 2.24) is 14.5 Å². The molecule has 2 aromatic rings. The highest BCUT2D eigenvalue weighted by Crippen LogP contribution is 2.25. The molecule has 0 radical (unpaired) electrons. The molecule has 1 unspecified atom stereocenters. The fourth-order valence-electron chi connectivity index (χ4n) is 1.62. The van der Waals surface area contributed by atoms with E-state index < -0.39 is 22.0 Å². The highest BCUT2D eigenvalue weighted by molar-refractivity contribution is 7.92. The Balaban J connectivity index is 2.03. The molecule has 0 spiro atoms. The lowest BCUT2D eigenvalue weighted by atomic mass is 10.1. The number of thiophene rings is 1. The fraction of sp³-hybridized carbons (Fsp3) is 0.273. The van der Waals surface area contributed by atoms with Crippen LogP contribution in [-0.2, 0) is 28.3 Å². The third-order valence-corrected chi connectivity index (χ3v) is 5.67. The first-order valence-electron chi connectivity index (χ1n) is 5.83. The predicted molar refractivity (Wildman–Crippen MR) is 79.5 cm³/mol. The zero-order chi connectivity index (χ0) is 15.6. The fourth-order valence-corrected chi connectivity index (χ4v) is 4.14. The Morgan fingerprint density at radius 2 is 2.29 bits per heavy atom. The average molecular weight is 349 g/mol. The van der Waals surface area contributed by atoms with Gasteiger partial charge in [0.25, 0.3) is 15.9 Å². The van der Waals surface area contributed by atoms with Gasteiger partial charge in [-0.25, -0.2) is 13.1 Å². The van der Waals surface area contributed by atoms with Crippen LogP contribution in [0.15, 0.2) is 28.7 Å². The second kappa shape index (κ2) is 6.14. The van der Waals surface area contributed by atoms with Crippen LogP contribution in [0.2, 0.25) is 4.34 Å². The van der Waals surface area contributed by atoms with Crippen molar-refractivity contribution in [2.75, 3.05) is 0 Å². The third-order valence-electron chi connectivity index (χ3n) is 2.60. The second-order valence-corrected chi connectivity index (χ2v) is 7.99. The van der Waals surface area contributed by atoms with E-state index >= 15 is 0 Å². The summed E-state index contributed by atoms with van der Waals surface area (Å²) in [5.41, 5.74) is 6.46. The van der Waals surface area contributed by atoms with Gasteiger partial charge in [-0.2, -0.15) is 5.10 Å². The summed E-state index contributed by atoms with van der Waals surface area (Å²) in [6, 6.07) is 1.79. The number of halogens is 1. The SMILES string of the molecule is Cn1cc(CC(N)C(=O)NS(=O)(=O)c2ccc(Cl)s2)cn1. The molecule has 0 fully saturated rings. The summed E-state index contributed by atoms with van der Waals surface area (Å²) in [5, 5.41) is 3.95. The van der Waals surface area contributed by atoms with E-state index in [4.69, 9.17) is 17.3 Å². The number of nitrogens with one attached hydrogen (secondary N) is 1. The highest BCUT2D eigenvalue weighted by atomic mass is 35.5. The number of nitrogens with two attached hydrogens (primary N) is 1. The van der Waals surface area contributed by atoms with Gasteiger partial charge in [0.15, 0.2) is 0 Å². The zero-order valence-electron chi connectivity index (χ0n) is 11.0. The van der Waals surface area contributed by atoms with Crippen LogP contribution in [0, 0.1) is 0 Å². The molecule has 114 valence electrons. The molecule has 2 aromatic heterocycles. The van der Waals surface area contributed by atoms with Crippen molar-refractivity contribution in [3.05, 3.63) is 34.4 Å². The van der Waals surface area contributed by atoms with Crippen LogP contribution in [0.5, 0.6) is 0 Å². The van der Waals surface area contributed by atoms with Gasteiger partial charge in [-0.05, 0) is 24.1 Å². The molecule has 0 aliphatic rings. The van der Waals surface area contributed by atoms with Crippen LogP contribution in [0.3, 0.4) is 0 Å². The molecule has 0 bridgehead atoms. The molecule has 0 saturated heterocycles. The van der Waals surface area contributed by atoms with Gasteiger partial charge in [-0.3, -0.25) is 9.48 Å². The Labute approximate surface area is 130 Å². The van der Waals surface area contributed by atoms with Crippen molar-refractivity contribution < 1.29 is 13.2 Å². The van der Waals surface area contributed by atoms with Crippen molar-refractivity contribution in [2.45, 2.75) is 16.7 Å². The maximum Gasteiger partial charge on any atom is 0.273 e. The van der Waals surface area contributed by atoms with Gasteiger partial charge in [0.1, 0.15) is 4.21 Å². The number of hydrogen-bond acceptors (Lipinski definition) is 6. The maximum atomic E-state index is 12.0. The minimum atomic E-state index is -3.94. The second-order valence-electron chi connectivity index (χ2n) is 4.36. The Bertz CT molecular complexity index is 753. The molecule has 0 aromatic carbocycles. The number of sulfonamides is 1. The van der Waals surface area contributed by atoms with E-state index in [9.17, 15) is 13.2 Å². The van der Waals surface area contributed by atoms with E-state index in [1.54, 1.807) is 24.1 Å². The number of rotatable bonds is 5. The van der Waals surface area contributed by atoms with Crippen LogP contribution >= 0.6 is 22.9 Å². The average Bonchev–Trinajstić information content (AvgIpc) is 2.98. The zero-order valence-corrected chi connectivity index (χ0v) is 13.4. The van der Waals surface area contributed by atoms with Crippen molar-refractivity contribution in [2.24, 2.45) is 12.8 Å². The van der Waals surface area contributed by atoms with Gasteiger partial charge >= 0.3 is 0 Å². The van der Waals surface area contributed by atoms with Crippen LogP contribution in [0.4, 0.5) is 0 Å². The molecule has 1 atom stereocenters. The predicted octanol–water partition coefficient (Wildman–Crippen LogP) is 0.510. The normalized spacial score (nSPS) is 13.1. The lowest BCUT2D eigenvalue weighted by Gasteiger charge is -2.10. The molecule has 0 aliphatic carbocycles. The number of aromatic nitrogens is 2. The van der Waals surface area contributed by atoms with Gasteiger partial charge in [0.05, 0.1) is 16.6 Å². The summed E-state index contributed by atoms with van der Waals surface area (Å²) in [4.78, 5) is 11.9. The molecule has 7 nitrogen and oxygen atoms in total. The first kappa shape index (κ1) is 16.0. The molecule has 0 aliphatic heterocycles. The van der Waals surface area contributed by atoms with Crippen LogP contribution < -0.4 is 10.5 Å². The lowest BCUT2D eigenvalue weighted by Crippen LogP contribution is -2.44. The molecule has 1 amide bonds. The van der Waals surface area contributed by atoms with E-state index in [-0.39, 0.29) is 10.6 Å². The Hall–Kier alpha value is -1.42. The van der Waals surface area contributed by atoms with Gasteiger partial charge in [0.2, 0.25) is 0 Å². The van der Waals surface area contributed by atoms with Gasteiger partial charge < -0.3 is 5.73 Å². The Morgan fingerprint density at radius 1 is 1.57 bits per heavy atom. The smallest absolute Gasteiger partial charge is 0.273 e. The minimum absolute atomic E-state index is 0.0329. The Kier molecular flexibility index (Phi) is 4.67. The number of hydrogen-bond donors (Lipinski definition) is 2. The monoisotopic (exact) mass is 348 g/mol. The molecule has 2 heterocycles. The summed E-state index contributed by atoms with van der Waals surface area (Å²) < 4.78 is 27.7. The minimum Gasteiger partial charge on any atom is -0.320 e. The Morgan fingerprint density at radius 3 is 2.81 bits per heavy atom. The standard InChI is InChI=1S/C11H13ClN4O3S2/c1-16-6-7(5-14-16)4-8(13)11(17)15-21(18,19)10-3-2-9(12)20-10/h2-3,5-6,8H,4,13H2,1H3,(H,15,17). The number of nitrogens with zero attached hydrogens (tertiary/aromatic N) is 2. The quantitative estimate of drug-likeness (QED) is 0.818. The molecular weight excluding hydrogens is 336 g/mol. The summed E-state index contributed by atoms with van der Waals surface area (Å²) in [7, 11) is -2.20. The van der Waals surface area contributed by atoms with Crippen LogP contribution in [0.25, 0.3) is 0 Å². The van der Waals surface area contributed by atoms with Gasteiger partial charge in [0, 0.05) is 13.2 Å². The van der Waals surface area contributed by atoms with E-state index in [2.05, 4.69) is 5.10 Å². The molecule has 0 saturated carbocycles. The number of carbonyl (C=O) groups excluding carboxylic acids is 1. The summed E-state index contributed by atoms with van der Waals surface area (Å²) >= 11 is 6.55. The maximum absolute atomic E-state index is 12.0. The third kappa shape index (κ3) is 4.03. The van der Waals surface area contributed by atoms with Crippen molar-refractivity contribution in [1.29, 1.82) is 0 Å². The highest BCUT2D eigenvalue weighted by Gasteiger charge is 2.23. The van der Waals surface area contributed by atoms with Crippen LogP contribution in [-0.4, -0.2) is 30.1 Å². The van der Waals surface area contributed by atoms with Crippen molar-refractivity contribution >= 4 is 38.9 Å². The van der Waals surface area contributed by atoms with Crippen molar-refractivity contribution in [3.63, 3.8) is 0 Å². The molecular formula is C11H13ClN4O3S2. The summed E-state index contributed by atoms with van der Waals surface area (Å²) in [6.45, 7) is 0. The topological polar surface area (TPSA) is 107 Å². The van der Waals surface area contributed by atoms with Crippen molar-refractivity contribution in [3.8, 4) is 0 Å².